The predicted molar refractivity (Wildman–Crippen MR) is 77.4 cm³/mol. The Morgan fingerprint density at radius 1 is 1.21 bits per heavy atom. The summed E-state index contributed by atoms with van der Waals surface area (Å²) in [5.74, 6) is -0.750. The molecule has 1 saturated heterocycles. The largest absolute Gasteiger partial charge is 0.481 e. The van der Waals surface area contributed by atoms with Crippen LogP contribution in [-0.4, -0.2) is 48.7 Å². The van der Waals surface area contributed by atoms with E-state index in [9.17, 15) is 4.79 Å². The normalized spacial score (nSPS) is 16.6. The average molecular weight is 303 g/mol. The number of aliphatic carboxylic acids is 1. The highest BCUT2D eigenvalue weighted by Crippen LogP contribution is 2.29. The van der Waals surface area contributed by atoms with Crippen molar-refractivity contribution in [2.75, 3.05) is 37.6 Å². The Labute approximate surface area is 122 Å². The van der Waals surface area contributed by atoms with E-state index in [2.05, 4.69) is 9.80 Å². The predicted octanol–water partition coefficient (Wildman–Crippen LogP) is 2.59. The highest BCUT2D eigenvalue weighted by atomic mass is 35.5. The van der Waals surface area contributed by atoms with E-state index in [0.29, 0.717) is 16.6 Å². The van der Waals surface area contributed by atoms with Crippen molar-refractivity contribution in [1.29, 1.82) is 0 Å². The van der Waals surface area contributed by atoms with E-state index in [-0.39, 0.29) is 6.42 Å². The van der Waals surface area contributed by atoms with Crippen molar-refractivity contribution in [3.05, 3.63) is 28.2 Å². The summed E-state index contributed by atoms with van der Waals surface area (Å²) in [6.07, 6.45) is 0.192. The second-order valence-electron chi connectivity index (χ2n) is 4.57. The fraction of sp³-hybridized carbons (Fsp3) is 0.462. The molecule has 1 N–H and O–H groups in total. The van der Waals surface area contributed by atoms with E-state index in [1.165, 1.54) is 0 Å². The van der Waals surface area contributed by atoms with Crippen LogP contribution in [0.5, 0.6) is 0 Å². The van der Waals surface area contributed by atoms with Gasteiger partial charge >= 0.3 is 5.97 Å². The third kappa shape index (κ3) is 4.00. The monoisotopic (exact) mass is 302 g/mol. The molecule has 0 radical (unpaired) electrons. The number of carboxylic acid groups (broad SMARTS) is 1. The molecule has 1 aliphatic heterocycles. The van der Waals surface area contributed by atoms with E-state index in [4.69, 9.17) is 28.3 Å². The van der Waals surface area contributed by atoms with Crippen molar-refractivity contribution in [2.45, 2.75) is 6.42 Å². The number of rotatable bonds is 4. The molecule has 0 aromatic heterocycles. The summed E-state index contributed by atoms with van der Waals surface area (Å²) in [5, 5.41) is 10.0. The van der Waals surface area contributed by atoms with Crippen LogP contribution in [0, 0.1) is 0 Å². The topological polar surface area (TPSA) is 43.8 Å². The van der Waals surface area contributed by atoms with Gasteiger partial charge in [-0.05, 0) is 18.2 Å². The number of hydrogen-bond acceptors (Lipinski definition) is 3. The molecule has 19 heavy (non-hydrogen) atoms. The van der Waals surface area contributed by atoms with Gasteiger partial charge in [-0.25, -0.2) is 0 Å². The minimum Gasteiger partial charge on any atom is -0.481 e. The smallest absolute Gasteiger partial charge is 0.304 e. The zero-order chi connectivity index (χ0) is 13.8. The number of benzene rings is 1. The molecule has 1 aliphatic rings. The Balaban J connectivity index is 1.92. The van der Waals surface area contributed by atoms with Crippen LogP contribution in [0.25, 0.3) is 0 Å². The SMILES string of the molecule is O=C(O)CCN1CCN(c2cc(Cl)ccc2Cl)CC1. The van der Waals surface area contributed by atoms with Crippen LogP contribution in [0.1, 0.15) is 6.42 Å². The maximum absolute atomic E-state index is 10.5. The van der Waals surface area contributed by atoms with Crippen molar-refractivity contribution in [2.24, 2.45) is 0 Å². The fourth-order valence-electron chi connectivity index (χ4n) is 2.19. The zero-order valence-electron chi connectivity index (χ0n) is 10.5. The van der Waals surface area contributed by atoms with E-state index in [1.54, 1.807) is 12.1 Å². The molecule has 1 aromatic carbocycles. The van der Waals surface area contributed by atoms with Crippen LogP contribution in [0.3, 0.4) is 0 Å². The van der Waals surface area contributed by atoms with E-state index in [0.717, 1.165) is 31.9 Å². The molecule has 0 aliphatic carbocycles. The molecule has 1 heterocycles. The first kappa shape index (κ1) is 14.4. The molecule has 4 nitrogen and oxygen atoms in total. The number of nitrogens with zero attached hydrogens (tertiary/aromatic N) is 2. The van der Waals surface area contributed by atoms with Gasteiger partial charge in [0.2, 0.25) is 0 Å². The second kappa shape index (κ2) is 6.46. The Bertz CT molecular complexity index is 460. The maximum Gasteiger partial charge on any atom is 0.304 e. The van der Waals surface area contributed by atoms with Crippen molar-refractivity contribution >= 4 is 34.9 Å². The van der Waals surface area contributed by atoms with Crippen molar-refractivity contribution < 1.29 is 9.90 Å². The number of anilines is 1. The van der Waals surface area contributed by atoms with Gasteiger partial charge in [0.05, 0.1) is 17.1 Å². The molecule has 0 unspecified atom stereocenters. The van der Waals surface area contributed by atoms with Gasteiger partial charge in [0.15, 0.2) is 0 Å². The van der Waals surface area contributed by atoms with Gasteiger partial charge in [0, 0.05) is 37.7 Å². The standard InChI is InChI=1S/C13H16Cl2N2O2/c14-10-1-2-11(15)12(9-10)17-7-5-16(6-8-17)4-3-13(18)19/h1-2,9H,3-8H2,(H,18,19). The van der Waals surface area contributed by atoms with E-state index < -0.39 is 5.97 Å². The molecule has 1 aromatic rings. The maximum atomic E-state index is 10.5. The molecule has 1 fully saturated rings. The van der Waals surface area contributed by atoms with E-state index >= 15 is 0 Å². The number of carboxylic acids is 1. The Morgan fingerprint density at radius 3 is 2.53 bits per heavy atom. The number of carbonyl (C=O) groups is 1. The molecule has 0 bridgehead atoms. The lowest BCUT2D eigenvalue weighted by Gasteiger charge is -2.36. The third-order valence-corrected chi connectivity index (χ3v) is 3.82. The Morgan fingerprint density at radius 2 is 1.89 bits per heavy atom. The summed E-state index contributed by atoms with van der Waals surface area (Å²) in [6.45, 7) is 3.96. The quantitative estimate of drug-likeness (QED) is 0.928. The van der Waals surface area contributed by atoms with Crippen molar-refractivity contribution in [3.8, 4) is 0 Å². The summed E-state index contributed by atoms with van der Waals surface area (Å²) < 4.78 is 0. The van der Waals surface area contributed by atoms with Gasteiger partial charge < -0.3 is 10.0 Å². The third-order valence-electron chi connectivity index (χ3n) is 3.26. The second-order valence-corrected chi connectivity index (χ2v) is 5.41. The highest BCUT2D eigenvalue weighted by Gasteiger charge is 2.19. The Kier molecular flexibility index (Phi) is 4.91. The molecule has 6 heteroatoms. The van der Waals surface area contributed by atoms with Crippen LogP contribution in [0.2, 0.25) is 10.0 Å². The minimum atomic E-state index is -0.750. The van der Waals surface area contributed by atoms with Gasteiger partial charge in [0.25, 0.3) is 0 Å². The molecule has 2 rings (SSSR count). The van der Waals surface area contributed by atoms with Gasteiger partial charge in [-0.3, -0.25) is 9.69 Å². The highest BCUT2D eigenvalue weighted by molar-refractivity contribution is 6.35. The van der Waals surface area contributed by atoms with Crippen LogP contribution in [0.4, 0.5) is 5.69 Å². The number of halogens is 2. The van der Waals surface area contributed by atoms with Gasteiger partial charge in [0.1, 0.15) is 0 Å². The first-order chi connectivity index (χ1) is 9.06. The molecule has 0 spiro atoms. The van der Waals surface area contributed by atoms with Gasteiger partial charge in [-0.2, -0.15) is 0 Å². The van der Waals surface area contributed by atoms with Crippen LogP contribution < -0.4 is 4.90 Å². The average Bonchev–Trinajstić information content (AvgIpc) is 2.40. The number of piperazine rings is 1. The summed E-state index contributed by atoms with van der Waals surface area (Å²) in [7, 11) is 0. The van der Waals surface area contributed by atoms with Crippen LogP contribution >= 0.6 is 23.2 Å². The lowest BCUT2D eigenvalue weighted by molar-refractivity contribution is -0.137. The van der Waals surface area contributed by atoms with Crippen LogP contribution in [0.15, 0.2) is 18.2 Å². The van der Waals surface area contributed by atoms with E-state index in [1.807, 2.05) is 6.07 Å². The van der Waals surface area contributed by atoms with Crippen molar-refractivity contribution in [3.63, 3.8) is 0 Å². The fourth-order valence-corrected chi connectivity index (χ4v) is 2.60. The lowest BCUT2D eigenvalue weighted by Crippen LogP contribution is -2.47. The minimum absolute atomic E-state index is 0.192. The molecule has 0 saturated carbocycles. The molecular formula is C13H16Cl2N2O2. The van der Waals surface area contributed by atoms with Crippen molar-refractivity contribution in [1.82, 2.24) is 4.90 Å². The van der Waals surface area contributed by atoms with Gasteiger partial charge in [-0.15, -0.1) is 0 Å². The van der Waals surface area contributed by atoms with Crippen LogP contribution in [-0.2, 0) is 4.79 Å². The first-order valence-electron chi connectivity index (χ1n) is 6.20. The summed E-state index contributed by atoms with van der Waals surface area (Å²) in [4.78, 5) is 14.9. The molecular weight excluding hydrogens is 287 g/mol. The molecule has 0 atom stereocenters. The summed E-state index contributed by atoms with van der Waals surface area (Å²) >= 11 is 12.2. The first-order valence-corrected chi connectivity index (χ1v) is 6.96. The molecule has 0 amide bonds. The zero-order valence-corrected chi connectivity index (χ0v) is 12.0. The van der Waals surface area contributed by atoms with Gasteiger partial charge in [-0.1, -0.05) is 23.2 Å². The summed E-state index contributed by atoms with van der Waals surface area (Å²) in [6, 6.07) is 5.45. The summed E-state index contributed by atoms with van der Waals surface area (Å²) in [5.41, 5.74) is 0.951. The molecule has 104 valence electrons. The number of hydrogen-bond donors (Lipinski definition) is 1. The lowest BCUT2D eigenvalue weighted by atomic mass is 10.2. The Hall–Kier alpha value is -0.970.